The second-order valence-corrected chi connectivity index (χ2v) is 4.92. The largest absolute Gasteiger partial charge is 0.396 e. The maximum absolute atomic E-state index is 13.5. The van der Waals surface area contributed by atoms with E-state index in [0.717, 1.165) is 25.7 Å². The minimum Gasteiger partial charge on any atom is -0.396 e. The highest BCUT2D eigenvalue weighted by molar-refractivity contribution is 5.95. The first kappa shape index (κ1) is 13.6. The summed E-state index contributed by atoms with van der Waals surface area (Å²) < 4.78 is 13.5. The van der Waals surface area contributed by atoms with Crippen molar-refractivity contribution in [3.05, 3.63) is 42.2 Å². The Bertz CT molecular complexity index is 481. The molecule has 1 saturated carbocycles. The molecule has 1 aromatic rings. The summed E-state index contributed by atoms with van der Waals surface area (Å²) in [4.78, 5) is 14.2. The summed E-state index contributed by atoms with van der Waals surface area (Å²) in [6, 6.07) is 4.46. The van der Waals surface area contributed by atoms with Crippen LogP contribution in [-0.4, -0.2) is 23.4 Å². The molecule has 0 radical (unpaired) electrons. The molecule has 2 N–H and O–H groups in total. The number of nitrogens with two attached hydrogens (primary N) is 1. The summed E-state index contributed by atoms with van der Waals surface area (Å²) >= 11 is 0. The molecule has 2 rings (SSSR count). The summed E-state index contributed by atoms with van der Waals surface area (Å²) in [6.07, 6.45) is 6.02. The van der Waals surface area contributed by atoms with Crippen LogP contribution in [0.2, 0.25) is 0 Å². The predicted molar refractivity (Wildman–Crippen MR) is 74.3 cm³/mol. The van der Waals surface area contributed by atoms with Crippen LogP contribution in [0, 0.1) is 5.82 Å². The monoisotopic (exact) mass is 262 g/mol. The Hall–Kier alpha value is -1.84. The van der Waals surface area contributed by atoms with Gasteiger partial charge in [0.25, 0.3) is 5.91 Å². The van der Waals surface area contributed by atoms with Gasteiger partial charge in [-0.15, -0.1) is 6.58 Å². The van der Waals surface area contributed by atoms with Crippen LogP contribution in [0.4, 0.5) is 10.1 Å². The van der Waals surface area contributed by atoms with E-state index in [1.165, 1.54) is 12.1 Å². The fourth-order valence-electron chi connectivity index (χ4n) is 2.58. The molecular formula is C15H19FN2O. The lowest BCUT2D eigenvalue weighted by molar-refractivity contribution is 0.0706. The van der Waals surface area contributed by atoms with E-state index in [0.29, 0.717) is 12.1 Å². The zero-order valence-electron chi connectivity index (χ0n) is 10.9. The molecule has 1 aliphatic rings. The smallest absolute Gasteiger partial charge is 0.254 e. The molecule has 1 fully saturated rings. The van der Waals surface area contributed by atoms with Gasteiger partial charge in [-0.05, 0) is 31.0 Å². The van der Waals surface area contributed by atoms with Crippen LogP contribution in [0.15, 0.2) is 30.9 Å². The third kappa shape index (κ3) is 2.95. The molecule has 102 valence electrons. The topological polar surface area (TPSA) is 46.3 Å². The van der Waals surface area contributed by atoms with E-state index in [9.17, 15) is 9.18 Å². The van der Waals surface area contributed by atoms with Gasteiger partial charge in [0.15, 0.2) is 0 Å². The number of anilines is 1. The molecule has 1 aromatic carbocycles. The van der Waals surface area contributed by atoms with Crippen molar-refractivity contribution in [1.29, 1.82) is 0 Å². The number of nitrogens with zero attached hydrogens (tertiary/aromatic N) is 1. The van der Waals surface area contributed by atoms with Crippen LogP contribution in [0.25, 0.3) is 0 Å². The van der Waals surface area contributed by atoms with E-state index in [1.54, 1.807) is 17.0 Å². The Balaban J connectivity index is 2.22. The van der Waals surface area contributed by atoms with Crippen LogP contribution >= 0.6 is 0 Å². The van der Waals surface area contributed by atoms with Crippen LogP contribution in [0.1, 0.15) is 36.0 Å². The van der Waals surface area contributed by atoms with Crippen molar-refractivity contribution in [3.63, 3.8) is 0 Å². The van der Waals surface area contributed by atoms with Gasteiger partial charge in [-0.2, -0.15) is 0 Å². The molecule has 19 heavy (non-hydrogen) atoms. The van der Waals surface area contributed by atoms with Crippen molar-refractivity contribution >= 4 is 11.6 Å². The van der Waals surface area contributed by atoms with Crippen LogP contribution in [0.5, 0.6) is 0 Å². The molecule has 1 amide bonds. The van der Waals surface area contributed by atoms with Crippen molar-refractivity contribution in [3.8, 4) is 0 Å². The lowest BCUT2D eigenvalue weighted by atomic mass is 10.1. The maximum Gasteiger partial charge on any atom is 0.254 e. The number of carbonyl (C=O) groups excluding carboxylic acids is 1. The van der Waals surface area contributed by atoms with E-state index >= 15 is 0 Å². The minimum atomic E-state index is -0.546. The summed E-state index contributed by atoms with van der Waals surface area (Å²) in [5, 5.41) is 0. The van der Waals surface area contributed by atoms with E-state index in [2.05, 4.69) is 6.58 Å². The second-order valence-electron chi connectivity index (χ2n) is 4.92. The molecule has 4 heteroatoms. The van der Waals surface area contributed by atoms with E-state index in [-0.39, 0.29) is 17.6 Å². The van der Waals surface area contributed by atoms with Gasteiger partial charge < -0.3 is 10.6 Å². The number of nitrogen functional groups attached to an aromatic ring is 1. The highest BCUT2D eigenvalue weighted by Crippen LogP contribution is 2.25. The number of halogens is 1. The number of hydrogen-bond donors (Lipinski definition) is 1. The van der Waals surface area contributed by atoms with Gasteiger partial charge in [0.05, 0.1) is 5.69 Å². The van der Waals surface area contributed by atoms with Crippen LogP contribution in [-0.2, 0) is 0 Å². The Labute approximate surface area is 112 Å². The third-order valence-corrected chi connectivity index (χ3v) is 3.60. The molecular weight excluding hydrogens is 243 g/mol. The second kappa shape index (κ2) is 5.87. The van der Waals surface area contributed by atoms with Crippen molar-refractivity contribution in [2.45, 2.75) is 31.7 Å². The third-order valence-electron chi connectivity index (χ3n) is 3.60. The van der Waals surface area contributed by atoms with Crippen LogP contribution < -0.4 is 5.73 Å². The molecule has 0 spiro atoms. The average molecular weight is 262 g/mol. The standard InChI is InChI=1S/C15H19FN2O/c1-2-9-18(12-5-3-4-6-12)15(19)11-7-8-14(17)13(16)10-11/h2,7-8,10,12H,1,3-6,9,17H2. The Kier molecular flexibility index (Phi) is 4.20. The predicted octanol–water partition coefficient (Wildman–Crippen LogP) is 2.98. The normalized spacial score (nSPS) is 15.4. The lowest BCUT2D eigenvalue weighted by Gasteiger charge is -2.28. The number of benzene rings is 1. The molecule has 0 saturated heterocycles. The van der Waals surface area contributed by atoms with Gasteiger partial charge in [-0.3, -0.25) is 4.79 Å². The zero-order valence-corrected chi connectivity index (χ0v) is 10.9. The number of amides is 1. The molecule has 0 heterocycles. The number of hydrogen-bond acceptors (Lipinski definition) is 2. The summed E-state index contributed by atoms with van der Waals surface area (Å²) in [6.45, 7) is 4.19. The molecule has 0 bridgehead atoms. The molecule has 0 aromatic heterocycles. The van der Waals surface area contributed by atoms with Gasteiger partial charge in [0, 0.05) is 18.2 Å². The molecule has 0 atom stereocenters. The van der Waals surface area contributed by atoms with Gasteiger partial charge in [0.1, 0.15) is 5.82 Å². The van der Waals surface area contributed by atoms with Gasteiger partial charge >= 0.3 is 0 Å². The summed E-state index contributed by atoms with van der Waals surface area (Å²) in [5.74, 6) is -0.693. The quantitative estimate of drug-likeness (QED) is 0.669. The van der Waals surface area contributed by atoms with Crippen molar-refractivity contribution in [2.24, 2.45) is 0 Å². The van der Waals surface area contributed by atoms with Crippen molar-refractivity contribution < 1.29 is 9.18 Å². The molecule has 3 nitrogen and oxygen atoms in total. The summed E-state index contributed by atoms with van der Waals surface area (Å²) in [5.41, 5.74) is 5.84. The lowest BCUT2D eigenvalue weighted by Crippen LogP contribution is -2.39. The number of carbonyl (C=O) groups is 1. The molecule has 0 unspecified atom stereocenters. The van der Waals surface area contributed by atoms with E-state index < -0.39 is 5.82 Å². The fraction of sp³-hybridized carbons (Fsp3) is 0.400. The minimum absolute atomic E-state index is 0.0627. The Morgan fingerprint density at radius 3 is 2.74 bits per heavy atom. The van der Waals surface area contributed by atoms with Gasteiger partial charge in [0.2, 0.25) is 0 Å². The molecule has 0 aliphatic heterocycles. The Morgan fingerprint density at radius 1 is 1.47 bits per heavy atom. The zero-order chi connectivity index (χ0) is 13.8. The first-order valence-electron chi connectivity index (χ1n) is 6.60. The average Bonchev–Trinajstić information content (AvgIpc) is 2.92. The fourth-order valence-corrected chi connectivity index (χ4v) is 2.58. The van der Waals surface area contributed by atoms with E-state index in [4.69, 9.17) is 5.73 Å². The Morgan fingerprint density at radius 2 is 2.16 bits per heavy atom. The SMILES string of the molecule is C=CCN(C(=O)c1ccc(N)c(F)c1)C1CCCC1. The first-order chi connectivity index (χ1) is 9.13. The first-order valence-corrected chi connectivity index (χ1v) is 6.60. The van der Waals surface area contributed by atoms with Crippen molar-refractivity contribution in [2.75, 3.05) is 12.3 Å². The van der Waals surface area contributed by atoms with E-state index in [1.807, 2.05) is 0 Å². The highest BCUT2D eigenvalue weighted by atomic mass is 19.1. The van der Waals surface area contributed by atoms with Gasteiger partial charge in [-0.25, -0.2) is 4.39 Å². The maximum atomic E-state index is 13.5. The van der Waals surface area contributed by atoms with Crippen molar-refractivity contribution in [1.82, 2.24) is 4.90 Å². The highest BCUT2D eigenvalue weighted by Gasteiger charge is 2.26. The van der Waals surface area contributed by atoms with Gasteiger partial charge in [-0.1, -0.05) is 18.9 Å². The summed E-state index contributed by atoms with van der Waals surface area (Å²) in [7, 11) is 0. The number of rotatable bonds is 4. The van der Waals surface area contributed by atoms with Crippen LogP contribution in [0.3, 0.4) is 0 Å². The molecule has 1 aliphatic carbocycles.